The van der Waals surface area contributed by atoms with Gasteiger partial charge in [0.2, 0.25) is 0 Å². The Morgan fingerprint density at radius 1 is 1.47 bits per heavy atom. The molecule has 1 saturated heterocycles. The maximum absolute atomic E-state index is 4.60. The number of aryl methyl sites for hydroxylation is 1. The molecule has 1 atom stereocenters. The summed E-state index contributed by atoms with van der Waals surface area (Å²) in [6.45, 7) is 7.77. The number of nitrogens with one attached hydrogen (secondary N) is 1. The van der Waals surface area contributed by atoms with Crippen LogP contribution in [0, 0.1) is 0 Å². The van der Waals surface area contributed by atoms with Crippen LogP contribution in [0.3, 0.4) is 0 Å². The molecule has 3 heteroatoms. The first-order valence-corrected chi connectivity index (χ1v) is 5.76. The van der Waals surface area contributed by atoms with E-state index in [0.717, 1.165) is 6.54 Å². The molecule has 0 spiro atoms. The van der Waals surface area contributed by atoms with Crippen LogP contribution in [0.2, 0.25) is 0 Å². The third-order valence-corrected chi connectivity index (χ3v) is 3.10. The molecule has 1 fully saturated rings. The molecule has 0 saturated carbocycles. The van der Waals surface area contributed by atoms with E-state index in [1.807, 2.05) is 11.7 Å². The highest BCUT2D eigenvalue weighted by atomic mass is 15.3. The largest absolute Gasteiger partial charge is 0.309 e. The van der Waals surface area contributed by atoms with Crippen LogP contribution in [-0.2, 0) is 12.5 Å². The first-order valence-electron chi connectivity index (χ1n) is 5.76. The fraction of sp³-hybridized carbons (Fsp3) is 0.750. The molecular weight excluding hydrogens is 186 g/mol. The summed E-state index contributed by atoms with van der Waals surface area (Å²) >= 11 is 0. The predicted molar refractivity (Wildman–Crippen MR) is 61.9 cm³/mol. The minimum atomic E-state index is 0.147. The van der Waals surface area contributed by atoms with Gasteiger partial charge in [-0.15, -0.1) is 0 Å². The molecule has 1 N–H and O–H groups in total. The summed E-state index contributed by atoms with van der Waals surface area (Å²) in [4.78, 5) is 0. The SMILES string of the molecule is Cn1nc(C(C)(C)C)cc1C1CCCN1. The minimum absolute atomic E-state index is 0.147. The van der Waals surface area contributed by atoms with Crippen molar-refractivity contribution in [2.24, 2.45) is 7.05 Å². The van der Waals surface area contributed by atoms with Crippen molar-refractivity contribution in [2.45, 2.75) is 45.1 Å². The maximum Gasteiger partial charge on any atom is 0.0681 e. The molecule has 1 unspecified atom stereocenters. The molecule has 2 rings (SSSR count). The van der Waals surface area contributed by atoms with Gasteiger partial charge in [0.15, 0.2) is 0 Å². The van der Waals surface area contributed by atoms with E-state index in [9.17, 15) is 0 Å². The Hall–Kier alpha value is -0.830. The van der Waals surface area contributed by atoms with Gasteiger partial charge in [0.05, 0.1) is 11.4 Å². The summed E-state index contributed by atoms with van der Waals surface area (Å²) < 4.78 is 2.03. The molecule has 2 heterocycles. The predicted octanol–water partition coefficient (Wildman–Crippen LogP) is 2.14. The van der Waals surface area contributed by atoms with Crippen molar-refractivity contribution in [3.63, 3.8) is 0 Å². The van der Waals surface area contributed by atoms with E-state index in [-0.39, 0.29) is 5.41 Å². The Morgan fingerprint density at radius 2 is 2.20 bits per heavy atom. The number of aromatic nitrogens is 2. The Labute approximate surface area is 91.9 Å². The molecule has 0 aliphatic carbocycles. The first kappa shape index (κ1) is 10.7. The van der Waals surface area contributed by atoms with Gasteiger partial charge in [-0.2, -0.15) is 5.10 Å². The van der Waals surface area contributed by atoms with E-state index in [2.05, 4.69) is 37.3 Å². The topological polar surface area (TPSA) is 29.9 Å². The van der Waals surface area contributed by atoms with Crippen molar-refractivity contribution < 1.29 is 0 Å². The Morgan fingerprint density at radius 3 is 2.67 bits per heavy atom. The zero-order valence-electron chi connectivity index (χ0n) is 10.2. The summed E-state index contributed by atoms with van der Waals surface area (Å²) in [7, 11) is 2.05. The summed E-state index contributed by atoms with van der Waals surface area (Å²) in [5.74, 6) is 0. The van der Waals surface area contributed by atoms with Crippen molar-refractivity contribution >= 4 is 0 Å². The summed E-state index contributed by atoms with van der Waals surface area (Å²) in [6, 6.07) is 2.77. The highest BCUT2D eigenvalue weighted by Gasteiger charge is 2.24. The number of rotatable bonds is 1. The van der Waals surface area contributed by atoms with Crippen LogP contribution in [0.25, 0.3) is 0 Å². The summed E-state index contributed by atoms with van der Waals surface area (Å²) in [5.41, 5.74) is 2.67. The van der Waals surface area contributed by atoms with Crippen LogP contribution in [0.5, 0.6) is 0 Å². The van der Waals surface area contributed by atoms with E-state index in [1.165, 1.54) is 24.2 Å². The molecule has 1 aliphatic heterocycles. The molecule has 1 aromatic heterocycles. The lowest BCUT2D eigenvalue weighted by atomic mass is 9.92. The molecule has 3 nitrogen and oxygen atoms in total. The minimum Gasteiger partial charge on any atom is -0.309 e. The lowest BCUT2D eigenvalue weighted by molar-refractivity contribution is 0.541. The quantitative estimate of drug-likeness (QED) is 0.764. The highest BCUT2D eigenvalue weighted by molar-refractivity contribution is 5.20. The van der Waals surface area contributed by atoms with Gasteiger partial charge < -0.3 is 5.32 Å². The lowest BCUT2D eigenvalue weighted by Crippen LogP contribution is -2.16. The van der Waals surface area contributed by atoms with Crippen molar-refractivity contribution in [3.8, 4) is 0 Å². The van der Waals surface area contributed by atoms with Gasteiger partial charge in [0.1, 0.15) is 0 Å². The van der Waals surface area contributed by atoms with E-state index >= 15 is 0 Å². The molecule has 0 aromatic carbocycles. The van der Waals surface area contributed by atoms with Gasteiger partial charge in [-0.3, -0.25) is 4.68 Å². The fourth-order valence-electron chi connectivity index (χ4n) is 2.11. The van der Waals surface area contributed by atoms with E-state index < -0.39 is 0 Å². The molecular formula is C12H21N3. The smallest absolute Gasteiger partial charge is 0.0681 e. The molecule has 0 bridgehead atoms. The zero-order valence-corrected chi connectivity index (χ0v) is 10.2. The van der Waals surface area contributed by atoms with Crippen LogP contribution >= 0.6 is 0 Å². The van der Waals surface area contributed by atoms with Gasteiger partial charge in [-0.1, -0.05) is 20.8 Å². The van der Waals surface area contributed by atoms with Gasteiger partial charge in [-0.25, -0.2) is 0 Å². The Bertz CT molecular complexity index is 340. The van der Waals surface area contributed by atoms with E-state index in [0.29, 0.717) is 6.04 Å². The first-order chi connectivity index (χ1) is 6.98. The van der Waals surface area contributed by atoms with Crippen molar-refractivity contribution in [1.29, 1.82) is 0 Å². The van der Waals surface area contributed by atoms with Crippen LogP contribution in [0.15, 0.2) is 6.07 Å². The average Bonchev–Trinajstić information content (AvgIpc) is 2.69. The average molecular weight is 207 g/mol. The zero-order chi connectivity index (χ0) is 11.1. The van der Waals surface area contributed by atoms with Crippen molar-refractivity contribution in [1.82, 2.24) is 15.1 Å². The second-order valence-electron chi connectivity index (χ2n) is 5.48. The standard InChI is InChI=1S/C12H21N3/c1-12(2,3)11-8-10(15(4)14-11)9-6-5-7-13-9/h8-9,13H,5-7H2,1-4H3. The monoisotopic (exact) mass is 207 g/mol. The van der Waals surface area contributed by atoms with Crippen LogP contribution in [0.4, 0.5) is 0 Å². The second kappa shape index (κ2) is 3.63. The number of nitrogens with zero attached hydrogens (tertiary/aromatic N) is 2. The molecule has 0 amide bonds. The molecule has 0 radical (unpaired) electrons. The number of hydrogen-bond donors (Lipinski definition) is 1. The third-order valence-electron chi connectivity index (χ3n) is 3.10. The molecule has 1 aromatic rings. The summed E-state index contributed by atoms with van der Waals surface area (Å²) in [5, 5.41) is 8.12. The maximum atomic E-state index is 4.60. The second-order valence-corrected chi connectivity index (χ2v) is 5.48. The van der Waals surface area contributed by atoms with Gasteiger partial charge in [0.25, 0.3) is 0 Å². The van der Waals surface area contributed by atoms with E-state index in [1.54, 1.807) is 0 Å². The van der Waals surface area contributed by atoms with Gasteiger partial charge >= 0.3 is 0 Å². The number of hydrogen-bond acceptors (Lipinski definition) is 2. The van der Waals surface area contributed by atoms with E-state index in [4.69, 9.17) is 0 Å². The van der Waals surface area contributed by atoms with Crippen LogP contribution in [-0.4, -0.2) is 16.3 Å². The van der Waals surface area contributed by atoms with Crippen molar-refractivity contribution in [2.75, 3.05) is 6.54 Å². The Kier molecular flexibility index (Phi) is 2.59. The van der Waals surface area contributed by atoms with Crippen LogP contribution < -0.4 is 5.32 Å². The van der Waals surface area contributed by atoms with Crippen LogP contribution in [0.1, 0.15) is 51.0 Å². The van der Waals surface area contributed by atoms with Crippen molar-refractivity contribution in [3.05, 3.63) is 17.5 Å². The Balaban J connectivity index is 2.29. The lowest BCUT2D eigenvalue weighted by Gasteiger charge is -2.13. The van der Waals surface area contributed by atoms with Gasteiger partial charge in [0, 0.05) is 18.5 Å². The third kappa shape index (κ3) is 2.07. The molecule has 15 heavy (non-hydrogen) atoms. The summed E-state index contributed by atoms with van der Waals surface area (Å²) in [6.07, 6.45) is 2.52. The highest BCUT2D eigenvalue weighted by Crippen LogP contribution is 2.27. The molecule has 1 aliphatic rings. The molecule has 84 valence electrons. The fourth-order valence-corrected chi connectivity index (χ4v) is 2.11. The van der Waals surface area contributed by atoms with Gasteiger partial charge in [-0.05, 0) is 25.5 Å². The normalized spacial score (nSPS) is 22.3.